The van der Waals surface area contributed by atoms with Crippen LogP contribution in [0.3, 0.4) is 0 Å². The van der Waals surface area contributed by atoms with Crippen molar-refractivity contribution in [1.82, 2.24) is 0 Å². The van der Waals surface area contributed by atoms with Crippen LogP contribution in [-0.4, -0.2) is 51.0 Å². The van der Waals surface area contributed by atoms with Gasteiger partial charge in [0.1, 0.15) is 0 Å². The Morgan fingerprint density at radius 2 is 0.562 bits per heavy atom. The van der Waals surface area contributed by atoms with Crippen LogP contribution in [0.1, 0.15) is 22.3 Å². The summed E-state index contributed by atoms with van der Waals surface area (Å²) in [5.41, 5.74) is 2.28. The Labute approximate surface area is 297 Å². The van der Waals surface area contributed by atoms with Gasteiger partial charge in [-0.2, -0.15) is 0 Å². The molecule has 4 aromatic rings. The van der Waals surface area contributed by atoms with E-state index in [1.54, 1.807) is 97.7 Å². The number of aliphatic imine (C=N–C) groups is 4. The molecule has 0 saturated carbocycles. The van der Waals surface area contributed by atoms with Crippen LogP contribution in [0.2, 0.25) is 0 Å². The van der Waals surface area contributed by atoms with Crippen molar-refractivity contribution in [3.8, 4) is 23.0 Å². The smallest absolute Gasteiger partial charge is 0.872 e. The molecule has 48 heavy (non-hydrogen) atoms. The normalized spacial score (nSPS) is 10.0. The molecule has 0 atom stereocenters. The Morgan fingerprint density at radius 3 is 0.729 bits per heavy atom. The minimum absolute atomic E-state index is 0. The molecule has 0 aliphatic heterocycles. The minimum Gasteiger partial charge on any atom is -0.872 e. The van der Waals surface area contributed by atoms with Crippen molar-refractivity contribution >= 4 is 24.9 Å². The van der Waals surface area contributed by atoms with Crippen LogP contribution in [0.4, 0.5) is 0 Å². The van der Waals surface area contributed by atoms with Gasteiger partial charge in [-0.25, -0.2) is 0 Å². The maximum Gasteiger partial charge on any atom is 3.00 e. The second-order valence-electron chi connectivity index (χ2n) is 8.44. The van der Waals surface area contributed by atoms with Crippen molar-refractivity contribution < 1.29 is 54.0 Å². The quantitative estimate of drug-likeness (QED) is 0.101. The third-order valence-corrected chi connectivity index (χ3v) is 5.31. The Bertz CT molecular complexity index is 1360. The first-order valence-electron chi connectivity index (χ1n) is 13.3. The second-order valence-corrected chi connectivity index (χ2v) is 8.44. The topological polar surface area (TPSA) is 247 Å². The maximum atomic E-state index is 11.4. The summed E-state index contributed by atoms with van der Waals surface area (Å²) in [7, 11) is 0. The molecular formula is C32H28Co2N6O8. The van der Waals surface area contributed by atoms with Gasteiger partial charge >= 0.3 is 33.6 Å². The number of hydrogen-bond donors (Lipinski definition) is 0. The molecule has 0 N–H and O–H groups in total. The van der Waals surface area contributed by atoms with E-state index in [4.69, 9.17) is 20.2 Å². The van der Waals surface area contributed by atoms with Crippen LogP contribution in [0, 0.1) is 20.2 Å². The Hall–Kier alpha value is -5.43. The molecule has 0 unspecified atom stereocenters. The molecule has 4 aromatic carbocycles. The predicted octanol–water partition coefficient (Wildman–Crippen LogP) is 3.24. The van der Waals surface area contributed by atoms with Gasteiger partial charge < -0.3 is 40.7 Å². The van der Waals surface area contributed by atoms with Gasteiger partial charge in [-0.1, -0.05) is 97.1 Å². The summed E-state index contributed by atoms with van der Waals surface area (Å²) in [5, 5.41) is 63.6. The van der Waals surface area contributed by atoms with Crippen LogP contribution in [0.5, 0.6) is 23.0 Å². The fourth-order valence-corrected chi connectivity index (χ4v) is 3.23. The molecule has 0 aliphatic carbocycles. The van der Waals surface area contributed by atoms with Crippen LogP contribution in [0.15, 0.2) is 128 Å². The zero-order valence-electron chi connectivity index (χ0n) is 25.0. The van der Waals surface area contributed by atoms with E-state index in [9.17, 15) is 20.4 Å². The predicted molar refractivity (Wildman–Crippen MR) is 172 cm³/mol. The van der Waals surface area contributed by atoms with Crippen LogP contribution in [0.25, 0.3) is 0 Å². The van der Waals surface area contributed by atoms with E-state index < -0.39 is 0 Å². The minimum atomic E-state index is -0.0416. The average Bonchev–Trinajstić information content (AvgIpc) is 3.05. The van der Waals surface area contributed by atoms with Crippen molar-refractivity contribution in [2.45, 2.75) is 0 Å². The van der Waals surface area contributed by atoms with Gasteiger partial charge in [-0.3, -0.25) is 20.0 Å². The van der Waals surface area contributed by atoms with Crippen molar-refractivity contribution in [3.63, 3.8) is 0 Å². The molecule has 0 heterocycles. The number of benzene rings is 4. The van der Waals surface area contributed by atoms with Gasteiger partial charge in [-0.15, -0.1) is 33.7 Å². The Balaban J connectivity index is 0. The van der Waals surface area contributed by atoms with Gasteiger partial charge in [0, 0.05) is 24.9 Å². The summed E-state index contributed by atoms with van der Waals surface area (Å²) < 4.78 is 0. The van der Waals surface area contributed by atoms with Crippen LogP contribution >= 0.6 is 0 Å². The number of rotatable bonds is 10. The molecule has 0 radical (unpaired) electrons. The number of hydrogen-bond acceptors (Lipinski definition) is 14. The second kappa shape index (κ2) is 29.0. The van der Waals surface area contributed by atoms with Crippen molar-refractivity contribution in [2.24, 2.45) is 30.6 Å². The van der Waals surface area contributed by atoms with Crippen molar-refractivity contribution in [2.75, 3.05) is 26.2 Å². The van der Waals surface area contributed by atoms with Gasteiger partial charge in [0.25, 0.3) is 0 Å². The monoisotopic (exact) mass is 742 g/mol. The summed E-state index contributed by atoms with van der Waals surface area (Å²) in [5.74, 6) is -0.167. The first-order valence-corrected chi connectivity index (χ1v) is 13.3. The molecule has 0 fully saturated rings. The first-order chi connectivity index (χ1) is 22.4. The largest absolute Gasteiger partial charge is 3.00 e. The van der Waals surface area contributed by atoms with Gasteiger partial charge in [-0.05, 0) is 22.3 Å². The van der Waals surface area contributed by atoms with Crippen LogP contribution in [-0.2, 0) is 33.6 Å². The number of para-hydroxylation sites is 4. The zero-order chi connectivity index (χ0) is 33.8. The van der Waals surface area contributed by atoms with E-state index in [1.807, 2.05) is 0 Å². The SMILES string of the molecule is O=N[O-].O=N[O-].[Co+3].[Co+3].[O-]c1ccccc1C=NCCN=Cc1ccccc1[O-].[O-]c1ccccc1C=NCCN=Cc1ccccc1[O-]. The Kier molecular flexibility index (Phi) is 27.0. The van der Waals surface area contributed by atoms with Crippen molar-refractivity contribution in [1.29, 1.82) is 0 Å². The standard InChI is InChI=1S/2C16H16N2O2.2Co.2HNO2/c2*19-15-7-3-1-5-13(15)11-17-9-10-18-12-14-6-2-4-8-16(14)20;;;2*2-1-3/h2*1-8,11-12,19-20H,9-10H2;;;2*(H,2,3)/q;;2*+3;;/p-6. The molecule has 0 aliphatic rings. The molecule has 0 amide bonds. The zero-order valence-corrected chi connectivity index (χ0v) is 27.1. The van der Waals surface area contributed by atoms with E-state index in [-0.39, 0.29) is 56.6 Å². The Morgan fingerprint density at radius 1 is 0.396 bits per heavy atom. The summed E-state index contributed by atoms with van der Waals surface area (Å²) in [6.07, 6.45) is 6.22. The van der Waals surface area contributed by atoms with Gasteiger partial charge in [0.05, 0.1) is 26.2 Å². The molecule has 0 bridgehead atoms. The van der Waals surface area contributed by atoms with E-state index in [2.05, 4.69) is 20.0 Å². The van der Waals surface area contributed by atoms with E-state index >= 15 is 0 Å². The van der Waals surface area contributed by atoms with Gasteiger partial charge in [0.15, 0.2) is 0 Å². The third kappa shape index (κ3) is 19.9. The molecule has 0 aromatic heterocycles. The van der Waals surface area contributed by atoms with E-state index in [0.717, 1.165) is 10.7 Å². The molecule has 0 spiro atoms. The maximum absolute atomic E-state index is 11.4. The fraction of sp³-hybridized carbons (Fsp3) is 0.125. The third-order valence-electron chi connectivity index (χ3n) is 5.31. The number of nitrogens with zero attached hydrogens (tertiary/aromatic N) is 6. The average molecular weight is 742 g/mol. The fourth-order valence-electron chi connectivity index (χ4n) is 3.23. The van der Waals surface area contributed by atoms with E-state index in [1.165, 1.54) is 24.3 Å². The summed E-state index contributed by atoms with van der Waals surface area (Å²) in [4.78, 5) is 32.6. The summed E-state index contributed by atoms with van der Waals surface area (Å²) in [6.45, 7) is 1.91. The molecule has 16 heteroatoms. The van der Waals surface area contributed by atoms with Crippen LogP contribution < -0.4 is 20.4 Å². The van der Waals surface area contributed by atoms with Crippen molar-refractivity contribution in [3.05, 3.63) is 140 Å². The molecule has 4 rings (SSSR count). The molecular weight excluding hydrogens is 714 g/mol. The first kappa shape index (κ1) is 44.7. The van der Waals surface area contributed by atoms with Gasteiger partial charge in [0.2, 0.25) is 0 Å². The molecule has 14 nitrogen and oxygen atoms in total. The summed E-state index contributed by atoms with van der Waals surface area (Å²) in [6, 6.07) is 26.9. The van der Waals surface area contributed by atoms with E-state index in [0.29, 0.717) is 48.4 Å². The summed E-state index contributed by atoms with van der Waals surface area (Å²) >= 11 is 0. The molecule has 252 valence electrons. The molecule has 0 saturated heterocycles.